The average molecular weight is 290 g/mol. The fourth-order valence-electron chi connectivity index (χ4n) is 1.58. The summed E-state index contributed by atoms with van der Waals surface area (Å²) >= 11 is 5.82. The van der Waals surface area contributed by atoms with Crippen molar-refractivity contribution in [3.05, 3.63) is 34.6 Å². The van der Waals surface area contributed by atoms with E-state index in [-0.39, 0.29) is 30.2 Å². The minimum atomic E-state index is -1.16. The lowest BCUT2D eigenvalue weighted by atomic mass is 10.1. The van der Waals surface area contributed by atoms with Crippen LogP contribution in [0.15, 0.2) is 18.2 Å². The first kappa shape index (κ1) is 15.9. The molecule has 0 spiro atoms. The Bertz CT molecular complexity index is 431. The van der Waals surface area contributed by atoms with Gasteiger partial charge in [-0.2, -0.15) is 0 Å². The molecule has 6 heteroatoms. The lowest BCUT2D eigenvalue weighted by molar-refractivity contribution is -0.122. The molecule has 106 valence electrons. The second-order valence-electron chi connectivity index (χ2n) is 4.58. The monoisotopic (exact) mass is 289 g/mol. The molecule has 0 saturated carbocycles. The average Bonchev–Trinajstić information content (AvgIpc) is 2.32. The normalized spacial score (nSPS) is 13.9. The number of amides is 1. The molecule has 0 heterocycles. The van der Waals surface area contributed by atoms with E-state index in [4.69, 9.17) is 16.3 Å². The number of methoxy groups -OCH3 is 1. The zero-order valence-corrected chi connectivity index (χ0v) is 11.6. The maximum Gasteiger partial charge on any atom is 0.224 e. The Hall–Kier alpha value is -1.17. The van der Waals surface area contributed by atoms with Crippen molar-refractivity contribution in [2.24, 2.45) is 0 Å². The minimum absolute atomic E-state index is 0.0196. The van der Waals surface area contributed by atoms with Crippen molar-refractivity contribution in [3.63, 3.8) is 0 Å². The summed E-state index contributed by atoms with van der Waals surface area (Å²) in [5, 5.41) is 12.5. The molecule has 19 heavy (non-hydrogen) atoms. The highest BCUT2D eigenvalue weighted by molar-refractivity contribution is 6.31. The fraction of sp³-hybridized carbons (Fsp3) is 0.462. The Morgan fingerprint density at radius 2 is 2.26 bits per heavy atom. The number of rotatable bonds is 6. The number of carbonyl (C=O) groups is 1. The molecule has 0 bridgehead atoms. The van der Waals surface area contributed by atoms with E-state index in [1.54, 1.807) is 0 Å². The molecule has 4 nitrogen and oxygen atoms in total. The van der Waals surface area contributed by atoms with Crippen LogP contribution in [-0.4, -0.2) is 36.9 Å². The van der Waals surface area contributed by atoms with E-state index < -0.39 is 17.3 Å². The van der Waals surface area contributed by atoms with Crippen LogP contribution in [0, 0.1) is 5.82 Å². The molecular formula is C13H17ClFNO3. The van der Waals surface area contributed by atoms with Crippen LogP contribution in [-0.2, 0) is 16.0 Å². The van der Waals surface area contributed by atoms with Gasteiger partial charge in [-0.15, -0.1) is 0 Å². The molecule has 0 fully saturated rings. The van der Waals surface area contributed by atoms with Crippen LogP contribution in [0.2, 0.25) is 5.02 Å². The predicted molar refractivity (Wildman–Crippen MR) is 70.6 cm³/mol. The van der Waals surface area contributed by atoms with Crippen LogP contribution in [0.3, 0.4) is 0 Å². The standard InChI is InChI=1S/C13H17ClFNO3/c1-13(18,8-19-2)7-16-12(17)6-9-10(14)4-3-5-11(9)15/h3-5,18H,6-8H2,1-2H3,(H,16,17). The van der Waals surface area contributed by atoms with Gasteiger partial charge in [0.25, 0.3) is 0 Å². The predicted octanol–water partition coefficient (Wildman–Crippen LogP) is 1.54. The van der Waals surface area contributed by atoms with Crippen molar-refractivity contribution >= 4 is 17.5 Å². The molecule has 0 aliphatic heterocycles. The number of halogens is 2. The van der Waals surface area contributed by atoms with Crippen LogP contribution < -0.4 is 5.32 Å². The molecule has 1 rings (SSSR count). The number of benzene rings is 1. The quantitative estimate of drug-likeness (QED) is 0.835. The molecule has 0 radical (unpaired) electrons. The number of carbonyl (C=O) groups excluding carboxylic acids is 1. The second kappa shape index (κ2) is 6.84. The molecule has 0 aliphatic rings. The molecule has 1 amide bonds. The fourth-order valence-corrected chi connectivity index (χ4v) is 1.81. The summed E-state index contributed by atoms with van der Waals surface area (Å²) in [4.78, 5) is 11.7. The first-order valence-electron chi connectivity index (χ1n) is 5.76. The van der Waals surface area contributed by atoms with Crippen molar-refractivity contribution in [3.8, 4) is 0 Å². The van der Waals surface area contributed by atoms with E-state index in [1.165, 1.54) is 32.2 Å². The maximum atomic E-state index is 13.5. The van der Waals surface area contributed by atoms with Crippen molar-refractivity contribution in [2.45, 2.75) is 18.9 Å². The van der Waals surface area contributed by atoms with Crippen LogP contribution in [0.5, 0.6) is 0 Å². The van der Waals surface area contributed by atoms with Crippen LogP contribution >= 0.6 is 11.6 Å². The first-order valence-corrected chi connectivity index (χ1v) is 6.14. The van der Waals surface area contributed by atoms with E-state index in [0.717, 1.165) is 0 Å². The highest BCUT2D eigenvalue weighted by Gasteiger charge is 2.21. The number of hydrogen-bond acceptors (Lipinski definition) is 3. The minimum Gasteiger partial charge on any atom is -0.386 e. The summed E-state index contributed by atoms with van der Waals surface area (Å²) in [6.07, 6.45) is -0.172. The lowest BCUT2D eigenvalue weighted by Crippen LogP contribution is -2.44. The van der Waals surface area contributed by atoms with Crippen molar-refractivity contribution in [2.75, 3.05) is 20.3 Å². The van der Waals surface area contributed by atoms with Gasteiger partial charge in [-0.25, -0.2) is 4.39 Å². The van der Waals surface area contributed by atoms with Gasteiger partial charge in [0.2, 0.25) is 5.91 Å². The third-order valence-electron chi connectivity index (χ3n) is 2.52. The third-order valence-corrected chi connectivity index (χ3v) is 2.87. The number of ether oxygens (including phenoxy) is 1. The van der Waals surface area contributed by atoms with Crippen molar-refractivity contribution in [1.29, 1.82) is 0 Å². The Balaban J connectivity index is 2.57. The molecule has 0 aliphatic carbocycles. The maximum absolute atomic E-state index is 13.5. The molecule has 0 aromatic heterocycles. The highest BCUT2D eigenvalue weighted by Crippen LogP contribution is 2.19. The number of hydrogen-bond donors (Lipinski definition) is 2. The van der Waals surface area contributed by atoms with Crippen LogP contribution in [0.1, 0.15) is 12.5 Å². The second-order valence-corrected chi connectivity index (χ2v) is 4.99. The Kier molecular flexibility index (Phi) is 5.72. The molecule has 0 saturated heterocycles. The molecular weight excluding hydrogens is 273 g/mol. The Morgan fingerprint density at radius 3 is 2.84 bits per heavy atom. The van der Waals surface area contributed by atoms with Gasteiger partial charge in [-0.1, -0.05) is 17.7 Å². The summed E-state index contributed by atoms with van der Waals surface area (Å²) in [5.41, 5.74) is -1.02. The molecule has 1 unspecified atom stereocenters. The topological polar surface area (TPSA) is 58.6 Å². The van der Waals surface area contributed by atoms with E-state index in [9.17, 15) is 14.3 Å². The Labute approximate surface area is 116 Å². The van der Waals surface area contributed by atoms with Crippen molar-refractivity contribution < 1.29 is 19.0 Å². The molecule has 2 N–H and O–H groups in total. The highest BCUT2D eigenvalue weighted by atomic mass is 35.5. The number of aliphatic hydroxyl groups is 1. The van der Waals surface area contributed by atoms with Crippen molar-refractivity contribution in [1.82, 2.24) is 5.32 Å². The van der Waals surface area contributed by atoms with E-state index in [2.05, 4.69) is 5.32 Å². The zero-order valence-electron chi connectivity index (χ0n) is 10.9. The molecule has 1 aromatic carbocycles. The lowest BCUT2D eigenvalue weighted by Gasteiger charge is -2.22. The zero-order chi connectivity index (χ0) is 14.5. The van der Waals surface area contributed by atoms with E-state index in [1.807, 2.05) is 0 Å². The smallest absolute Gasteiger partial charge is 0.224 e. The summed E-state index contributed by atoms with van der Waals surface area (Å²) in [6.45, 7) is 1.65. The van der Waals surface area contributed by atoms with Gasteiger partial charge in [0.15, 0.2) is 0 Å². The van der Waals surface area contributed by atoms with Gasteiger partial charge >= 0.3 is 0 Å². The van der Waals surface area contributed by atoms with E-state index >= 15 is 0 Å². The third kappa shape index (κ3) is 5.14. The summed E-state index contributed by atoms with van der Waals surface area (Å²) in [6, 6.07) is 4.24. The van der Waals surface area contributed by atoms with Gasteiger partial charge in [-0.05, 0) is 19.1 Å². The number of nitrogens with one attached hydrogen (secondary N) is 1. The largest absolute Gasteiger partial charge is 0.386 e. The van der Waals surface area contributed by atoms with Crippen LogP contribution in [0.25, 0.3) is 0 Å². The first-order chi connectivity index (χ1) is 8.85. The SMILES string of the molecule is COCC(C)(O)CNC(=O)Cc1c(F)cccc1Cl. The summed E-state index contributed by atoms with van der Waals surface area (Å²) in [5.74, 6) is -0.935. The molecule has 1 aromatic rings. The van der Waals surface area contributed by atoms with Crippen LogP contribution in [0.4, 0.5) is 4.39 Å². The van der Waals surface area contributed by atoms with Gasteiger partial charge < -0.3 is 15.2 Å². The summed E-state index contributed by atoms with van der Waals surface area (Å²) < 4.78 is 18.3. The van der Waals surface area contributed by atoms with Gasteiger partial charge in [0.1, 0.15) is 11.4 Å². The van der Waals surface area contributed by atoms with Gasteiger partial charge in [0, 0.05) is 24.2 Å². The van der Waals surface area contributed by atoms with E-state index in [0.29, 0.717) is 0 Å². The van der Waals surface area contributed by atoms with Gasteiger partial charge in [0.05, 0.1) is 13.0 Å². The Morgan fingerprint density at radius 1 is 1.58 bits per heavy atom. The summed E-state index contributed by atoms with van der Waals surface area (Å²) in [7, 11) is 1.45. The van der Waals surface area contributed by atoms with Gasteiger partial charge in [-0.3, -0.25) is 4.79 Å². The molecule has 1 atom stereocenters.